The van der Waals surface area contributed by atoms with Crippen molar-refractivity contribution in [3.63, 3.8) is 0 Å². The predicted octanol–water partition coefficient (Wildman–Crippen LogP) is 4.38. The summed E-state index contributed by atoms with van der Waals surface area (Å²) in [4.78, 5) is 18.6. The third-order valence-corrected chi connectivity index (χ3v) is 8.46. The number of rotatable bonds is 10. The van der Waals surface area contributed by atoms with E-state index in [0.717, 1.165) is 55.1 Å². The molecule has 1 aliphatic rings. The molecule has 0 aliphatic carbocycles. The Labute approximate surface area is 247 Å². The lowest BCUT2D eigenvalue weighted by Gasteiger charge is -2.33. The van der Waals surface area contributed by atoms with E-state index >= 15 is 0 Å². The molecule has 1 fully saturated rings. The molecule has 0 bridgehead atoms. The lowest BCUT2D eigenvalue weighted by atomic mass is 9.94. The van der Waals surface area contributed by atoms with E-state index in [4.69, 9.17) is 14.7 Å². The fraction of sp³-hybridized carbons (Fsp3) is 0.400. The summed E-state index contributed by atoms with van der Waals surface area (Å²) in [5, 5.41) is 4.00. The highest BCUT2D eigenvalue weighted by molar-refractivity contribution is 7.92. The highest BCUT2D eigenvalue weighted by atomic mass is 32.2. The molecule has 1 N–H and O–H groups in total. The zero-order chi connectivity index (χ0) is 29.9. The number of nitrogens with one attached hydrogen (secondary N) is 1. The normalized spacial score (nSPS) is 14.4. The van der Waals surface area contributed by atoms with Gasteiger partial charge in [0.15, 0.2) is 0 Å². The van der Waals surface area contributed by atoms with Crippen molar-refractivity contribution in [2.24, 2.45) is 13.0 Å². The van der Waals surface area contributed by atoms with Crippen molar-refractivity contribution in [1.82, 2.24) is 29.6 Å². The number of hydrogen-bond donors (Lipinski definition) is 1. The van der Waals surface area contributed by atoms with Gasteiger partial charge >= 0.3 is 0 Å². The topological polar surface area (TPSA) is 118 Å². The van der Waals surface area contributed by atoms with Gasteiger partial charge in [0.05, 0.1) is 11.9 Å². The number of pyridine rings is 1. The predicted molar refractivity (Wildman–Crippen MR) is 163 cm³/mol. The number of aryl methyl sites for hydroxylation is 1. The quantitative estimate of drug-likeness (QED) is 0.287. The minimum Gasteiger partial charge on any atom is -0.420 e. The smallest absolute Gasteiger partial charge is 0.267 e. The number of ether oxygens (including phenoxy) is 1. The lowest BCUT2D eigenvalue weighted by molar-refractivity contribution is 0.311. The molecule has 4 heterocycles. The number of piperazine rings is 1. The Bertz CT molecular complexity index is 1650. The second-order valence-corrected chi connectivity index (χ2v) is 12.7. The molecule has 1 saturated heterocycles. The van der Waals surface area contributed by atoms with E-state index in [2.05, 4.69) is 51.6 Å². The molecule has 11 nitrogen and oxygen atoms in total. The average molecular weight is 591 g/mol. The van der Waals surface area contributed by atoms with E-state index in [1.165, 1.54) is 17.1 Å². The summed E-state index contributed by atoms with van der Waals surface area (Å²) >= 11 is 0. The molecule has 0 unspecified atom stereocenters. The Morgan fingerprint density at radius 1 is 0.976 bits per heavy atom. The number of likely N-dealkylation sites (N-methyl/N-ethyl adjacent to an activating group) is 1. The maximum atomic E-state index is 13.2. The monoisotopic (exact) mass is 590 g/mol. The largest absolute Gasteiger partial charge is 0.420 e. The highest BCUT2D eigenvalue weighted by Gasteiger charge is 2.24. The Morgan fingerprint density at radius 3 is 2.43 bits per heavy atom. The first-order valence-electron chi connectivity index (χ1n) is 14.2. The van der Waals surface area contributed by atoms with Crippen LogP contribution in [0, 0.1) is 5.92 Å². The van der Waals surface area contributed by atoms with Crippen LogP contribution in [0.2, 0.25) is 0 Å². The fourth-order valence-corrected chi connectivity index (χ4v) is 5.92. The Balaban J connectivity index is 1.58. The van der Waals surface area contributed by atoms with Gasteiger partial charge in [0.25, 0.3) is 10.0 Å². The molecule has 222 valence electrons. The summed E-state index contributed by atoms with van der Waals surface area (Å²) in [5.41, 5.74) is 3.42. The summed E-state index contributed by atoms with van der Waals surface area (Å²) in [6, 6.07) is 13.7. The van der Waals surface area contributed by atoms with Gasteiger partial charge in [0.1, 0.15) is 10.7 Å². The van der Waals surface area contributed by atoms with Crippen LogP contribution in [0.3, 0.4) is 0 Å². The van der Waals surface area contributed by atoms with E-state index in [1.54, 1.807) is 13.1 Å². The minimum atomic E-state index is -4.00. The zero-order valence-corrected chi connectivity index (χ0v) is 25.6. The van der Waals surface area contributed by atoms with Crippen molar-refractivity contribution < 1.29 is 13.2 Å². The van der Waals surface area contributed by atoms with Crippen LogP contribution in [-0.4, -0.2) is 71.3 Å². The van der Waals surface area contributed by atoms with Crippen LogP contribution in [0.15, 0.2) is 59.8 Å². The summed E-state index contributed by atoms with van der Waals surface area (Å²) < 4.78 is 36.8. The molecular weight excluding hydrogens is 552 g/mol. The van der Waals surface area contributed by atoms with Gasteiger partial charge in [-0.1, -0.05) is 51.1 Å². The van der Waals surface area contributed by atoms with Crippen LogP contribution in [0.5, 0.6) is 11.8 Å². The van der Waals surface area contributed by atoms with Gasteiger partial charge in [0, 0.05) is 56.6 Å². The van der Waals surface area contributed by atoms with E-state index in [-0.39, 0.29) is 16.7 Å². The summed E-state index contributed by atoms with van der Waals surface area (Å²) in [6.07, 6.45) is 4.11. The van der Waals surface area contributed by atoms with Crippen LogP contribution in [0.25, 0.3) is 11.3 Å². The van der Waals surface area contributed by atoms with Crippen molar-refractivity contribution in [3.8, 4) is 23.0 Å². The zero-order valence-electron chi connectivity index (χ0n) is 24.8. The molecule has 4 aromatic rings. The minimum absolute atomic E-state index is 0.0129. The van der Waals surface area contributed by atoms with Gasteiger partial charge in [-0.05, 0) is 37.4 Å². The third kappa shape index (κ3) is 6.71. The SMILES string of the molecule is CCc1c(Oc2cccc(N3CCN(C)CC3)n2)nc(NS(=O)(=O)c2cnn(C)c2)nc1-c1ccccc1CC(C)C. The lowest BCUT2D eigenvalue weighted by Crippen LogP contribution is -2.44. The first kappa shape index (κ1) is 29.5. The fourth-order valence-electron chi connectivity index (χ4n) is 4.99. The van der Waals surface area contributed by atoms with Gasteiger partial charge in [0.2, 0.25) is 17.7 Å². The molecule has 0 amide bonds. The molecule has 0 saturated carbocycles. The number of anilines is 2. The second-order valence-electron chi connectivity index (χ2n) is 11.0. The van der Waals surface area contributed by atoms with Crippen molar-refractivity contribution in [3.05, 3.63) is 66.0 Å². The molecule has 3 aromatic heterocycles. The Kier molecular flexibility index (Phi) is 8.74. The van der Waals surface area contributed by atoms with Gasteiger partial charge < -0.3 is 14.5 Å². The van der Waals surface area contributed by atoms with E-state index in [0.29, 0.717) is 23.9 Å². The Hall–Kier alpha value is -4.03. The standard InChI is InChI=1S/C30H38N8O3S/c1-6-24-28(25-11-8-7-10-22(25)18-21(2)3)33-30(35-42(39,40)23-19-31-37(5)20-23)34-29(24)41-27-13-9-12-26(32-27)38-16-14-36(4)15-17-38/h7-13,19-21H,6,14-18H2,1-5H3,(H,33,34,35). The molecule has 12 heteroatoms. The van der Waals surface area contributed by atoms with Crippen molar-refractivity contribution in [2.45, 2.75) is 38.5 Å². The van der Waals surface area contributed by atoms with Crippen molar-refractivity contribution >= 4 is 21.8 Å². The van der Waals surface area contributed by atoms with E-state index in [9.17, 15) is 8.42 Å². The molecule has 0 spiro atoms. The summed E-state index contributed by atoms with van der Waals surface area (Å²) in [7, 11) is -0.225. The van der Waals surface area contributed by atoms with Crippen molar-refractivity contribution in [1.29, 1.82) is 0 Å². The van der Waals surface area contributed by atoms with Crippen LogP contribution < -0.4 is 14.4 Å². The summed E-state index contributed by atoms with van der Waals surface area (Å²) in [5.74, 6) is 1.79. The van der Waals surface area contributed by atoms with E-state index < -0.39 is 10.0 Å². The molecular formula is C30H38N8O3S. The number of benzene rings is 1. The Morgan fingerprint density at radius 2 is 1.74 bits per heavy atom. The van der Waals surface area contributed by atoms with Gasteiger partial charge in [-0.25, -0.2) is 18.1 Å². The molecule has 42 heavy (non-hydrogen) atoms. The van der Waals surface area contributed by atoms with Crippen LogP contribution in [-0.2, 0) is 29.9 Å². The van der Waals surface area contributed by atoms with Crippen LogP contribution in [0.1, 0.15) is 31.9 Å². The van der Waals surface area contributed by atoms with E-state index in [1.807, 2.05) is 37.3 Å². The third-order valence-electron chi connectivity index (χ3n) is 7.18. The van der Waals surface area contributed by atoms with Gasteiger partial charge in [-0.15, -0.1) is 0 Å². The molecule has 1 aromatic carbocycles. The molecule has 1 aliphatic heterocycles. The van der Waals surface area contributed by atoms with Crippen LogP contribution >= 0.6 is 0 Å². The number of hydrogen-bond acceptors (Lipinski definition) is 9. The molecule has 5 rings (SSSR count). The second kappa shape index (κ2) is 12.5. The number of sulfonamides is 1. The molecule has 0 atom stereocenters. The number of aromatic nitrogens is 5. The first-order valence-corrected chi connectivity index (χ1v) is 15.7. The summed E-state index contributed by atoms with van der Waals surface area (Å²) in [6.45, 7) is 10.00. The number of nitrogens with zero attached hydrogens (tertiary/aromatic N) is 7. The van der Waals surface area contributed by atoms with Gasteiger partial charge in [-0.2, -0.15) is 15.1 Å². The molecule has 0 radical (unpaired) electrons. The maximum absolute atomic E-state index is 13.2. The average Bonchev–Trinajstić information content (AvgIpc) is 3.40. The van der Waals surface area contributed by atoms with Gasteiger partial charge in [-0.3, -0.25) is 4.68 Å². The van der Waals surface area contributed by atoms with Crippen LogP contribution in [0.4, 0.5) is 11.8 Å². The first-order chi connectivity index (χ1) is 20.1. The van der Waals surface area contributed by atoms with Crippen molar-refractivity contribution in [2.75, 3.05) is 42.8 Å². The maximum Gasteiger partial charge on any atom is 0.267 e. The highest BCUT2D eigenvalue weighted by Crippen LogP contribution is 2.35.